The van der Waals surface area contributed by atoms with Crippen molar-refractivity contribution in [2.75, 3.05) is 6.54 Å². The summed E-state index contributed by atoms with van der Waals surface area (Å²) in [6.07, 6.45) is 1.87. The van der Waals surface area contributed by atoms with Crippen molar-refractivity contribution < 1.29 is 0 Å². The van der Waals surface area contributed by atoms with E-state index in [0.717, 1.165) is 21.6 Å². The molecule has 5 heteroatoms. The smallest absolute Gasteiger partial charge is 0.156 e. The van der Waals surface area contributed by atoms with Crippen molar-refractivity contribution in [1.82, 2.24) is 15.3 Å². The van der Waals surface area contributed by atoms with E-state index in [1.807, 2.05) is 13.1 Å². The van der Waals surface area contributed by atoms with E-state index < -0.39 is 0 Å². The molecule has 0 amide bonds. The van der Waals surface area contributed by atoms with E-state index in [-0.39, 0.29) is 0 Å². The molecule has 0 aliphatic rings. The first-order chi connectivity index (χ1) is 8.69. The van der Waals surface area contributed by atoms with Crippen LogP contribution in [-0.2, 0) is 0 Å². The second-order valence-electron chi connectivity index (χ2n) is 4.06. The average Bonchev–Trinajstić information content (AvgIpc) is 2.75. The predicted octanol–water partition coefficient (Wildman–Crippen LogP) is 3.67. The maximum absolute atomic E-state index is 4.44. The number of hydrogen-bond donors (Lipinski definition) is 1. The van der Waals surface area contributed by atoms with Gasteiger partial charge in [0.05, 0.1) is 0 Å². The molecular formula is C13H17N3S2. The van der Waals surface area contributed by atoms with Gasteiger partial charge in [0, 0.05) is 23.3 Å². The lowest BCUT2D eigenvalue weighted by Crippen LogP contribution is -2.17. The maximum Gasteiger partial charge on any atom is 0.156 e. The summed E-state index contributed by atoms with van der Waals surface area (Å²) in [6.45, 7) is 7.27. The van der Waals surface area contributed by atoms with E-state index in [4.69, 9.17) is 0 Å². The van der Waals surface area contributed by atoms with Crippen molar-refractivity contribution in [2.24, 2.45) is 0 Å². The van der Waals surface area contributed by atoms with Gasteiger partial charge in [0.15, 0.2) is 4.34 Å². The lowest BCUT2D eigenvalue weighted by Gasteiger charge is -2.12. The van der Waals surface area contributed by atoms with Crippen LogP contribution in [0.3, 0.4) is 0 Å². The van der Waals surface area contributed by atoms with Crippen LogP contribution in [0.15, 0.2) is 33.1 Å². The van der Waals surface area contributed by atoms with E-state index in [0.29, 0.717) is 6.04 Å². The van der Waals surface area contributed by atoms with E-state index >= 15 is 0 Å². The van der Waals surface area contributed by atoms with Gasteiger partial charge in [0.25, 0.3) is 0 Å². The molecule has 0 radical (unpaired) electrons. The number of aryl methyl sites for hydroxylation is 1. The largest absolute Gasteiger partial charge is 0.310 e. The molecule has 96 valence electrons. The summed E-state index contributed by atoms with van der Waals surface area (Å²) in [5, 5.41) is 6.48. The van der Waals surface area contributed by atoms with Gasteiger partial charge in [-0.25, -0.2) is 9.97 Å². The molecule has 1 atom stereocenters. The molecule has 3 nitrogen and oxygen atoms in total. The van der Waals surface area contributed by atoms with Crippen molar-refractivity contribution >= 4 is 23.1 Å². The standard InChI is InChI=1S/C13H17N3S2/c1-4-14-10(3)11-5-6-15-12(7-11)18-13-16-9(2)8-17-13/h5-8,10,14H,4H2,1-3H3. The molecule has 0 spiro atoms. The third kappa shape index (κ3) is 3.54. The van der Waals surface area contributed by atoms with Crippen molar-refractivity contribution in [2.45, 2.75) is 36.2 Å². The molecular weight excluding hydrogens is 262 g/mol. The number of aromatic nitrogens is 2. The molecule has 2 aromatic rings. The third-order valence-corrected chi connectivity index (χ3v) is 4.55. The first kappa shape index (κ1) is 13.5. The number of rotatable bonds is 5. The van der Waals surface area contributed by atoms with E-state index in [9.17, 15) is 0 Å². The van der Waals surface area contributed by atoms with Crippen LogP contribution in [0.4, 0.5) is 0 Å². The second kappa shape index (κ2) is 6.31. The molecule has 0 bridgehead atoms. The fourth-order valence-electron chi connectivity index (χ4n) is 1.64. The summed E-state index contributed by atoms with van der Waals surface area (Å²) in [5.41, 5.74) is 2.34. The van der Waals surface area contributed by atoms with E-state index in [1.54, 1.807) is 23.1 Å². The van der Waals surface area contributed by atoms with Crippen LogP contribution in [0, 0.1) is 6.92 Å². The third-order valence-electron chi connectivity index (χ3n) is 2.56. The van der Waals surface area contributed by atoms with Gasteiger partial charge in [0.2, 0.25) is 0 Å². The minimum Gasteiger partial charge on any atom is -0.310 e. The van der Waals surface area contributed by atoms with Crippen LogP contribution in [0.2, 0.25) is 0 Å². The van der Waals surface area contributed by atoms with Gasteiger partial charge in [-0.3, -0.25) is 0 Å². The van der Waals surface area contributed by atoms with Gasteiger partial charge in [-0.05, 0) is 49.9 Å². The summed E-state index contributed by atoms with van der Waals surface area (Å²) < 4.78 is 1.05. The van der Waals surface area contributed by atoms with Gasteiger partial charge in [-0.15, -0.1) is 11.3 Å². The summed E-state index contributed by atoms with van der Waals surface area (Å²) in [5.74, 6) is 0. The normalized spacial score (nSPS) is 12.6. The van der Waals surface area contributed by atoms with Gasteiger partial charge in [-0.2, -0.15) is 0 Å². The Bertz CT molecular complexity index is 510. The second-order valence-corrected chi connectivity index (χ2v) is 6.19. The fourth-order valence-corrected chi connectivity index (χ4v) is 3.43. The summed E-state index contributed by atoms with van der Waals surface area (Å²) in [6, 6.07) is 4.55. The molecule has 18 heavy (non-hydrogen) atoms. The summed E-state index contributed by atoms with van der Waals surface area (Å²) in [4.78, 5) is 8.83. The van der Waals surface area contributed by atoms with Gasteiger partial charge < -0.3 is 5.32 Å². The van der Waals surface area contributed by atoms with Crippen LogP contribution in [0.1, 0.15) is 31.1 Å². The van der Waals surface area contributed by atoms with Crippen molar-refractivity contribution in [3.8, 4) is 0 Å². The number of hydrogen-bond acceptors (Lipinski definition) is 5. The molecule has 1 N–H and O–H groups in total. The van der Waals surface area contributed by atoms with Crippen LogP contribution in [0.25, 0.3) is 0 Å². The topological polar surface area (TPSA) is 37.8 Å². The summed E-state index contributed by atoms with van der Waals surface area (Å²) >= 11 is 3.29. The molecule has 0 aliphatic heterocycles. The van der Waals surface area contributed by atoms with Crippen molar-refractivity contribution in [1.29, 1.82) is 0 Å². The first-order valence-corrected chi connectivity index (χ1v) is 7.68. The Kier molecular flexibility index (Phi) is 4.74. The first-order valence-electron chi connectivity index (χ1n) is 5.98. The fraction of sp³-hybridized carbons (Fsp3) is 0.385. The highest BCUT2D eigenvalue weighted by atomic mass is 32.2. The Labute approximate surface area is 116 Å². The zero-order valence-corrected chi connectivity index (χ0v) is 12.4. The number of nitrogens with one attached hydrogen (secondary N) is 1. The Morgan fingerprint density at radius 3 is 3.00 bits per heavy atom. The Hall–Kier alpha value is -0.910. The van der Waals surface area contributed by atoms with Gasteiger partial charge in [0.1, 0.15) is 5.03 Å². The quantitative estimate of drug-likeness (QED) is 0.906. The zero-order chi connectivity index (χ0) is 13.0. The number of nitrogens with zero attached hydrogens (tertiary/aromatic N) is 2. The van der Waals surface area contributed by atoms with E-state index in [2.05, 4.69) is 46.6 Å². The molecule has 0 saturated carbocycles. The Balaban J connectivity index is 2.12. The molecule has 2 rings (SSSR count). The van der Waals surface area contributed by atoms with Crippen LogP contribution in [-0.4, -0.2) is 16.5 Å². The monoisotopic (exact) mass is 279 g/mol. The van der Waals surface area contributed by atoms with Gasteiger partial charge >= 0.3 is 0 Å². The molecule has 0 saturated heterocycles. The van der Waals surface area contributed by atoms with Crippen LogP contribution >= 0.6 is 23.1 Å². The van der Waals surface area contributed by atoms with E-state index in [1.165, 1.54) is 5.56 Å². The molecule has 2 aromatic heterocycles. The average molecular weight is 279 g/mol. The number of thiazole rings is 1. The Morgan fingerprint density at radius 1 is 1.50 bits per heavy atom. The molecule has 0 aromatic carbocycles. The summed E-state index contributed by atoms with van der Waals surface area (Å²) in [7, 11) is 0. The maximum atomic E-state index is 4.44. The van der Waals surface area contributed by atoms with Crippen LogP contribution in [0.5, 0.6) is 0 Å². The highest BCUT2D eigenvalue weighted by Gasteiger charge is 2.07. The molecule has 0 aliphatic carbocycles. The van der Waals surface area contributed by atoms with Crippen LogP contribution < -0.4 is 5.32 Å². The Morgan fingerprint density at radius 2 is 2.33 bits per heavy atom. The minimum atomic E-state index is 0.357. The van der Waals surface area contributed by atoms with Gasteiger partial charge in [-0.1, -0.05) is 6.92 Å². The lowest BCUT2D eigenvalue weighted by atomic mass is 10.1. The minimum absolute atomic E-state index is 0.357. The zero-order valence-electron chi connectivity index (χ0n) is 10.8. The highest BCUT2D eigenvalue weighted by molar-refractivity contribution is 8.01. The highest BCUT2D eigenvalue weighted by Crippen LogP contribution is 2.29. The van der Waals surface area contributed by atoms with Crippen molar-refractivity contribution in [3.05, 3.63) is 35.0 Å². The molecule has 0 fully saturated rings. The molecule has 1 unspecified atom stereocenters. The SMILES string of the molecule is CCNC(C)c1ccnc(Sc2nc(C)cs2)c1. The lowest BCUT2D eigenvalue weighted by molar-refractivity contribution is 0.596. The molecule has 2 heterocycles. The predicted molar refractivity (Wildman–Crippen MR) is 77.3 cm³/mol. The van der Waals surface area contributed by atoms with Crippen molar-refractivity contribution in [3.63, 3.8) is 0 Å². The number of pyridine rings is 1.